The van der Waals surface area contributed by atoms with Crippen LogP contribution in [0.25, 0.3) is 0 Å². The van der Waals surface area contributed by atoms with Gasteiger partial charge in [-0.05, 0) is 36.6 Å². The lowest BCUT2D eigenvalue weighted by Gasteiger charge is -2.15. The third-order valence-corrected chi connectivity index (χ3v) is 3.54. The predicted octanol–water partition coefficient (Wildman–Crippen LogP) is 3.69. The molecule has 1 heterocycles. The summed E-state index contributed by atoms with van der Waals surface area (Å²) in [5.41, 5.74) is 3.63. The summed E-state index contributed by atoms with van der Waals surface area (Å²) < 4.78 is 11.8. The second kappa shape index (κ2) is 4.96. The van der Waals surface area contributed by atoms with Crippen molar-refractivity contribution in [2.45, 2.75) is 26.4 Å². The van der Waals surface area contributed by atoms with Gasteiger partial charge in [-0.3, -0.25) is 0 Å². The summed E-state index contributed by atoms with van der Waals surface area (Å²) in [5, 5.41) is 0. The van der Waals surface area contributed by atoms with E-state index >= 15 is 0 Å². The first kappa shape index (κ1) is 12.1. The van der Waals surface area contributed by atoms with Gasteiger partial charge in [0.25, 0.3) is 0 Å². The third-order valence-electron chi connectivity index (χ3n) is 3.54. The fourth-order valence-corrected chi connectivity index (χ4v) is 2.55. The van der Waals surface area contributed by atoms with Crippen LogP contribution in [0.15, 0.2) is 42.5 Å². The summed E-state index contributed by atoms with van der Waals surface area (Å²) in [6, 6.07) is 14.4. The summed E-state index contributed by atoms with van der Waals surface area (Å²) in [4.78, 5) is 0. The molecule has 2 heteroatoms. The first-order valence-electron chi connectivity index (χ1n) is 6.67. The van der Waals surface area contributed by atoms with Crippen molar-refractivity contribution in [3.05, 3.63) is 59.2 Å². The average Bonchev–Trinajstić information content (AvgIpc) is 2.81. The maximum atomic E-state index is 5.96. The number of hydrogen-bond acceptors (Lipinski definition) is 2. The summed E-state index contributed by atoms with van der Waals surface area (Å²) in [5.74, 6) is 1.99. The zero-order valence-corrected chi connectivity index (χ0v) is 11.3. The van der Waals surface area contributed by atoms with Crippen molar-refractivity contribution in [2.75, 3.05) is 6.61 Å². The van der Waals surface area contributed by atoms with Crippen molar-refractivity contribution in [3.63, 3.8) is 0 Å². The first-order valence-corrected chi connectivity index (χ1v) is 6.67. The van der Waals surface area contributed by atoms with Gasteiger partial charge < -0.3 is 9.47 Å². The number of fused-ring (bicyclic) bond motifs is 1. The molecule has 0 aromatic heterocycles. The molecule has 0 radical (unpaired) electrons. The van der Waals surface area contributed by atoms with Crippen LogP contribution < -0.4 is 9.47 Å². The largest absolute Gasteiger partial charge is 0.489 e. The van der Waals surface area contributed by atoms with E-state index in [9.17, 15) is 0 Å². The van der Waals surface area contributed by atoms with E-state index < -0.39 is 0 Å². The number of ether oxygens (including phenoxy) is 2. The molecule has 1 unspecified atom stereocenters. The Morgan fingerprint density at radius 1 is 1.05 bits per heavy atom. The lowest BCUT2D eigenvalue weighted by Crippen LogP contribution is -2.22. The number of para-hydroxylation sites is 2. The highest BCUT2D eigenvalue weighted by Crippen LogP contribution is 2.29. The Kier molecular flexibility index (Phi) is 3.16. The SMILES string of the molecule is Cc1cccc(C)c1OCC1Cc2ccccc2O1. The lowest BCUT2D eigenvalue weighted by molar-refractivity contribution is 0.147. The third kappa shape index (κ3) is 2.43. The van der Waals surface area contributed by atoms with Crippen LogP contribution in [0.4, 0.5) is 0 Å². The molecule has 2 aromatic carbocycles. The summed E-state index contributed by atoms with van der Waals surface area (Å²) in [6.07, 6.45) is 1.05. The smallest absolute Gasteiger partial charge is 0.137 e. The molecule has 0 N–H and O–H groups in total. The molecule has 19 heavy (non-hydrogen) atoms. The Morgan fingerprint density at radius 3 is 2.53 bits per heavy atom. The fraction of sp³-hybridized carbons (Fsp3) is 0.294. The van der Waals surface area contributed by atoms with Gasteiger partial charge in [0.2, 0.25) is 0 Å². The maximum absolute atomic E-state index is 5.96. The second-order valence-electron chi connectivity index (χ2n) is 5.08. The zero-order chi connectivity index (χ0) is 13.2. The van der Waals surface area contributed by atoms with Crippen molar-refractivity contribution in [1.29, 1.82) is 0 Å². The van der Waals surface area contributed by atoms with Crippen LogP contribution >= 0.6 is 0 Å². The monoisotopic (exact) mass is 254 g/mol. The van der Waals surface area contributed by atoms with Crippen molar-refractivity contribution in [1.82, 2.24) is 0 Å². The molecule has 2 nitrogen and oxygen atoms in total. The topological polar surface area (TPSA) is 18.5 Å². The van der Waals surface area contributed by atoms with Crippen LogP contribution in [0.3, 0.4) is 0 Å². The van der Waals surface area contributed by atoms with E-state index in [-0.39, 0.29) is 6.10 Å². The zero-order valence-electron chi connectivity index (χ0n) is 11.3. The van der Waals surface area contributed by atoms with Crippen molar-refractivity contribution < 1.29 is 9.47 Å². The lowest BCUT2D eigenvalue weighted by atomic mass is 10.1. The molecule has 98 valence electrons. The number of benzene rings is 2. The highest BCUT2D eigenvalue weighted by Gasteiger charge is 2.23. The van der Waals surface area contributed by atoms with Gasteiger partial charge in [-0.1, -0.05) is 36.4 Å². The van der Waals surface area contributed by atoms with Gasteiger partial charge in [0.05, 0.1) is 0 Å². The first-order chi connectivity index (χ1) is 9.24. The molecular weight excluding hydrogens is 236 g/mol. The Morgan fingerprint density at radius 2 is 1.79 bits per heavy atom. The number of hydrogen-bond donors (Lipinski definition) is 0. The van der Waals surface area contributed by atoms with Gasteiger partial charge >= 0.3 is 0 Å². The molecule has 1 atom stereocenters. The van der Waals surface area contributed by atoms with Gasteiger partial charge in [0.1, 0.15) is 24.2 Å². The van der Waals surface area contributed by atoms with E-state index in [0.29, 0.717) is 6.61 Å². The fourth-order valence-electron chi connectivity index (χ4n) is 2.55. The van der Waals surface area contributed by atoms with E-state index in [4.69, 9.17) is 9.47 Å². The molecule has 0 fully saturated rings. The molecule has 0 bridgehead atoms. The Balaban J connectivity index is 1.66. The molecule has 0 aliphatic carbocycles. The minimum absolute atomic E-state index is 0.122. The quantitative estimate of drug-likeness (QED) is 0.831. The van der Waals surface area contributed by atoms with Gasteiger partial charge in [-0.2, -0.15) is 0 Å². The molecule has 2 aromatic rings. The molecule has 1 aliphatic rings. The summed E-state index contributed by atoms with van der Waals surface area (Å²) in [6.45, 7) is 4.75. The minimum atomic E-state index is 0.122. The normalized spacial score (nSPS) is 16.8. The van der Waals surface area contributed by atoms with E-state index in [1.165, 1.54) is 16.7 Å². The van der Waals surface area contributed by atoms with Crippen LogP contribution in [-0.4, -0.2) is 12.7 Å². The molecule has 1 aliphatic heterocycles. The standard InChI is InChI=1S/C17H18O2/c1-12-6-5-7-13(2)17(12)18-11-15-10-14-8-3-4-9-16(14)19-15/h3-9,15H,10-11H2,1-2H3. The Labute approximate surface area is 114 Å². The molecule has 0 spiro atoms. The van der Waals surface area contributed by atoms with Gasteiger partial charge in [0, 0.05) is 6.42 Å². The number of rotatable bonds is 3. The average molecular weight is 254 g/mol. The van der Waals surface area contributed by atoms with Gasteiger partial charge in [-0.15, -0.1) is 0 Å². The van der Waals surface area contributed by atoms with Crippen molar-refractivity contribution in [2.24, 2.45) is 0 Å². The molecular formula is C17H18O2. The molecule has 0 saturated carbocycles. The Bertz CT molecular complexity index is 544. The maximum Gasteiger partial charge on any atom is 0.137 e. The van der Waals surface area contributed by atoms with E-state index in [1.807, 2.05) is 12.1 Å². The number of aryl methyl sites for hydroxylation is 2. The second-order valence-corrected chi connectivity index (χ2v) is 5.08. The van der Waals surface area contributed by atoms with E-state index in [1.54, 1.807) is 0 Å². The van der Waals surface area contributed by atoms with E-state index in [2.05, 4.69) is 44.2 Å². The minimum Gasteiger partial charge on any atom is -0.489 e. The molecule has 3 rings (SSSR count). The predicted molar refractivity (Wildman–Crippen MR) is 76.0 cm³/mol. The molecule has 0 saturated heterocycles. The van der Waals surface area contributed by atoms with Crippen molar-refractivity contribution in [3.8, 4) is 11.5 Å². The van der Waals surface area contributed by atoms with Crippen LogP contribution in [0, 0.1) is 13.8 Å². The van der Waals surface area contributed by atoms with Crippen LogP contribution in [0.2, 0.25) is 0 Å². The summed E-state index contributed by atoms with van der Waals surface area (Å²) >= 11 is 0. The van der Waals surface area contributed by atoms with Crippen LogP contribution in [0.5, 0.6) is 11.5 Å². The van der Waals surface area contributed by atoms with Crippen LogP contribution in [-0.2, 0) is 6.42 Å². The van der Waals surface area contributed by atoms with Crippen LogP contribution in [0.1, 0.15) is 16.7 Å². The molecule has 0 amide bonds. The van der Waals surface area contributed by atoms with Gasteiger partial charge in [0.15, 0.2) is 0 Å². The Hall–Kier alpha value is -1.96. The van der Waals surface area contributed by atoms with E-state index in [0.717, 1.165) is 17.9 Å². The van der Waals surface area contributed by atoms with Gasteiger partial charge in [-0.25, -0.2) is 0 Å². The highest BCUT2D eigenvalue weighted by atomic mass is 16.5. The summed E-state index contributed by atoms with van der Waals surface area (Å²) in [7, 11) is 0. The highest BCUT2D eigenvalue weighted by molar-refractivity contribution is 5.40. The van der Waals surface area contributed by atoms with Crippen molar-refractivity contribution >= 4 is 0 Å².